The highest BCUT2D eigenvalue weighted by molar-refractivity contribution is 5.95. The number of likely N-dealkylation sites (N-methyl/N-ethyl adjacent to an activating group) is 1. The Balaban J connectivity index is 2.56. The van der Waals surface area contributed by atoms with Gasteiger partial charge in [0.1, 0.15) is 37.0 Å². The highest BCUT2D eigenvalue weighted by Gasteiger charge is 2.39. The number of esters is 1. The smallest absolute Gasteiger partial charge is 0.325 e. The maximum atomic E-state index is 14.1. The molecular weight excluding hydrogens is 646 g/mol. The van der Waals surface area contributed by atoms with Crippen LogP contribution >= 0.6 is 0 Å². The first-order valence-corrected chi connectivity index (χ1v) is 18.4. The van der Waals surface area contributed by atoms with Crippen molar-refractivity contribution >= 4 is 35.5 Å². The number of aliphatic hydroxyl groups excluding tert-OH is 1. The molecule has 15 heteroatoms. The van der Waals surface area contributed by atoms with Gasteiger partial charge in [0.2, 0.25) is 29.5 Å². The van der Waals surface area contributed by atoms with Gasteiger partial charge in [0.05, 0.1) is 6.04 Å². The van der Waals surface area contributed by atoms with Gasteiger partial charge in [0, 0.05) is 25.9 Å². The molecule has 286 valence electrons. The maximum Gasteiger partial charge on any atom is 0.325 e. The molecule has 0 bridgehead atoms. The molecule has 0 aromatic rings. The molecule has 2 rings (SSSR count). The molecule has 15 nitrogen and oxygen atoms in total. The van der Waals surface area contributed by atoms with Gasteiger partial charge in [0.15, 0.2) is 0 Å². The van der Waals surface area contributed by atoms with Gasteiger partial charge in [-0.2, -0.15) is 0 Å². The third kappa shape index (κ3) is 13.8. The summed E-state index contributed by atoms with van der Waals surface area (Å²) in [6.45, 7) is 7.89. The number of cyclic esters (lactones) is 1. The Hall–Kier alpha value is -3.30. The molecule has 7 atom stereocenters. The van der Waals surface area contributed by atoms with Crippen molar-refractivity contribution in [2.24, 2.45) is 23.5 Å². The summed E-state index contributed by atoms with van der Waals surface area (Å²) in [5, 5.41) is 24.8. The van der Waals surface area contributed by atoms with Crippen molar-refractivity contribution in [3.05, 3.63) is 0 Å². The average molecular weight is 710 g/mol. The van der Waals surface area contributed by atoms with Gasteiger partial charge in [-0.3, -0.25) is 33.7 Å². The topological polar surface area (TPSA) is 221 Å². The highest BCUT2D eigenvalue weighted by Crippen LogP contribution is 2.28. The van der Waals surface area contributed by atoms with Crippen LogP contribution in [0.4, 0.5) is 0 Å². The molecule has 0 spiro atoms. The summed E-state index contributed by atoms with van der Waals surface area (Å²) in [7, 11) is 1.65. The number of carbonyl (C=O) groups excluding carboxylic acids is 6. The van der Waals surface area contributed by atoms with E-state index in [9.17, 15) is 33.9 Å². The second kappa shape index (κ2) is 21.8. The number of unbranched alkanes of at least 4 members (excludes halogenated alkanes) is 3. The van der Waals surface area contributed by atoms with Gasteiger partial charge in [0.25, 0.3) is 0 Å². The van der Waals surface area contributed by atoms with Crippen LogP contribution in [0.15, 0.2) is 0 Å². The van der Waals surface area contributed by atoms with Crippen molar-refractivity contribution < 1.29 is 38.6 Å². The van der Waals surface area contributed by atoms with Crippen molar-refractivity contribution in [3.8, 4) is 0 Å². The molecule has 5 amide bonds. The molecule has 1 saturated carbocycles. The zero-order valence-corrected chi connectivity index (χ0v) is 30.9. The van der Waals surface area contributed by atoms with Crippen LogP contribution in [0.1, 0.15) is 105 Å². The molecule has 50 heavy (non-hydrogen) atoms. The zero-order valence-electron chi connectivity index (χ0n) is 30.9. The summed E-state index contributed by atoms with van der Waals surface area (Å²) in [5.41, 5.74) is 5.92. The van der Waals surface area contributed by atoms with Crippen LogP contribution in [0, 0.1) is 17.8 Å². The second-order valence-electron chi connectivity index (χ2n) is 14.4. The number of nitrogens with one attached hydrogen (secondary N) is 5. The molecule has 1 unspecified atom stereocenters. The molecular formula is C35H63N7O8. The lowest BCUT2D eigenvalue weighted by molar-refractivity contribution is -0.160. The highest BCUT2D eigenvalue weighted by atomic mass is 16.5. The average Bonchev–Trinajstić information content (AvgIpc) is 3.08. The number of hydrogen-bond acceptors (Lipinski definition) is 10. The fourth-order valence-corrected chi connectivity index (χ4v) is 6.68. The molecule has 1 aliphatic heterocycles. The monoisotopic (exact) mass is 709 g/mol. The van der Waals surface area contributed by atoms with E-state index in [4.69, 9.17) is 10.5 Å². The first-order valence-electron chi connectivity index (χ1n) is 18.4. The number of ether oxygens (including phenoxy) is 1. The zero-order chi connectivity index (χ0) is 37.4. The predicted octanol–water partition coefficient (Wildman–Crippen LogP) is 0.429. The molecule has 2 fully saturated rings. The number of nitrogens with zero attached hydrogens (tertiary/aromatic N) is 1. The lowest BCUT2D eigenvalue weighted by Crippen LogP contribution is -2.62. The minimum absolute atomic E-state index is 0.0568. The second-order valence-corrected chi connectivity index (χ2v) is 14.4. The van der Waals surface area contributed by atoms with E-state index in [1.165, 1.54) is 6.92 Å². The van der Waals surface area contributed by atoms with E-state index in [1.54, 1.807) is 18.9 Å². The Labute approximate surface area is 297 Å². The van der Waals surface area contributed by atoms with Crippen LogP contribution in [-0.2, 0) is 33.5 Å². The SMILES string of the molecule is CCCCCC[C@H]1OC(=O)CNC(=O)[C@H](CNC(C)=O)NC(=O)[C@H](CN)NC(=O)[C@H](C2CCCCC2)NC(=O)[C@H](CC(C)C)N(C)C(O)[C@@H]1C. The van der Waals surface area contributed by atoms with Crippen LogP contribution in [0.2, 0.25) is 0 Å². The van der Waals surface area contributed by atoms with E-state index >= 15 is 0 Å². The number of carbonyl (C=O) groups is 6. The first kappa shape index (κ1) is 42.9. The summed E-state index contributed by atoms with van der Waals surface area (Å²) in [5.74, 6) is -4.52. The minimum atomic E-state index is -1.31. The lowest BCUT2D eigenvalue weighted by atomic mass is 9.83. The molecule has 0 aromatic carbocycles. The number of nitrogens with two attached hydrogens (primary N) is 1. The Morgan fingerprint density at radius 3 is 2.22 bits per heavy atom. The number of amides is 5. The Morgan fingerprint density at radius 1 is 0.960 bits per heavy atom. The third-order valence-corrected chi connectivity index (χ3v) is 9.75. The summed E-state index contributed by atoms with van der Waals surface area (Å²) in [6, 6.07) is -4.38. The van der Waals surface area contributed by atoms with E-state index in [0.717, 1.165) is 44.9 Å². The maximum absolute atomic E-state index is 14.1. The lowest BCUT2D eigenvalue weighted by Gasteiger charge is -2.39. The Bertz CT molecular complexity index is 1130. The van der Waals surface area contributed by atoms with E-state index in [0.29, 0.717) is 25.7 Å². The molecule has 1 heterocycles. The van der Waals surface area contributed by atoms with Gasteiger partial charge in [-0.25, -0.2) is 0 Å². The quantitative estimate of drug-likeness (QED) is 0.116. The van der Waals surface area contributed by atoms with E-state index in [2.05, 4.69) is 33.5 Å². The van der Waals surface area contributed by atoms with Crippen molar-refractivity contribution in [1.29, 1.82) is 0 Å². The van der Waals surface area contributed by atoms with Gasteiger partial charge < -0.3 is 42.2 Å². The van der Waals surface area contributed by atoms with E-state index in [1.807, 2.05) is 13.8 Å². The summed E-state index contributed by atoms with van der Waals surface area (Å²) < 4.78 is 5.85. The van der Waals surface area contributed by atoms with Crippen LogP contribution in [0.25, 0.3) is 0 Å². The number of aliphatic hydroxyl groups is 1. The predicted molar refractivity (Wildman–Crippen MR) is 188 cm³/mol. The van der Waals surface area contributed by atoms with Crippen LogP contribution in [-0.4, -0.2) is 109 Å². The molecule has 1 saturated heterocycles. The largest absolute Gasteiger partial charge is 0.461 e. The summed E-state index contributed by atoms with van der Waals surface area (Å²) in [4.78, 5) is 81.0. The molecule has 2 aliphatic rings. The standard InChI is InChI=1S/C35H63N7O8/c1-7-8-9-13-16-28-22(4)35(49)42(6)27(17-21(2)3)33(47)41-30(24-14-11-10-12-15-24)34(48)39-25(18-36)32(46)40-26(19-37-23(5)43)31(45)38-20-29(44)50-28/h21-22,24-28,30,35,49H,7-20,36H2,1-6H3,(H,37,43)(H,38,45)(H,39,48)(H,40,46)(H,41,47)/t22-,25+,26+,27+,28-,30+,35?/m1/s1. The van der Waals surface area contributed by atoms with Crippen molar-refractivity contribution in [3.63, 3.8) is 0 Å². The first-order chi connectivity index (χ1) is 23.7. The van der Waals surface area contributed by atoms with Crippen molar-refractivity contribution in [2.45, 2.75) is 142 Å². The van der Waals surface area contributed by atoms with Crippen LogP contribution in [0.3, 0.4) is 0 Å². The van der Waals surface area contributed by atoms with E-state index in [-0.39, 0.29) is 24.9 Å². The molecule has 1 aliphatic carbocycles. The Morgan fingerprint density at radius 2 is 1.62 bits per heavy atom. The minimum Gasteiger partial charge on any atom is -0.461 e. The van der Waals surface area contributed by atoms with Gasteiger partial charge >= 0.3 is 5.97 Å². The fraction of sp³-hybridized carbons (Fsp3) is 0.829. The summed E-state index contributed by atoms with van der Waals surface area (Å²) in [6.07, 6.45) is 6.71. The van der Waals surface area contributed by atoms with Crippen LogP contribution < -0.4 is 32.3 Å². The molecule has 0 radical (unpaired) electrons. The van der Waals surface area contributed by atoms with E-state index < -0.39 is 84.5 Å². The van der Waals surface area contributed by atoms with Crippen molar-refractivity contribution in [2.75, 3.05) is 26.7 Å². The molecule has 0 aromatic heterocycles. The summed E-state index contributed by atoms with van der Waals surface area (Å²) >= 11 is 0. The third-order valence-electron chi connectivity index (χ3n) is 9.75. The molecule has 8 N–H and O–H groups in total. The fourth-order valence-electron chi connectivity index (χ4n) is 6.68. The van der Waals surface area contributed by atoms with Gasteiger partial charge in [-0.05, 0) is 51.0 Å². The number of rotatable bonds is 11. The van der Waals surface area contributed by atoms with Crippen LogP contribution in [0.5, 0.6) is 0 Å². The normalized spacial score (nSPS) is 29.1. The van der Waals surface area contributed by atoms with Gasteiger partial charge in [-0.15, -0.1) is 0 Å². The van der Waals surface area contributed by atoms with Gasteiger partial charge in [-0.1, -0.05) is 66.2 Å². The number of hydrogen-bond donors (Lipinski definition) is 7. The van der Waals surface area contributed by atoms with Crippen molar-refractivity contribution in [1.82, 2.24) is 31.5 Å². The Kier molecular flexibility index (Phi) is 18.7.